The molecule has 0 bridgehead atoms. The van der Waals surface area contributed by atoms with E-state index in [-0.39, 0.29) is 5.92 Å². The van der Waals surface area contributed by atoms with Crippen molar-refractivity contribution in [2.24, 2.45) is 5.92 Å². The van der Waals surface area contributed by atoms with Crippen LogP contribution in [0.4, 0.5) is 0 Å². The van der Waals surface area contributed by atoms with Crippen LogP contribution in [0, 0.1) is 5.92 Å². The first-order chi connectivity index (χ1) is 8.90. The van der Waals surface area contributed by atoms with Crippen LogP contribution < -0.4 is 0 Å². The predicted octanol–water partition coefficient (Wildman–Crippen LogP) is 3.98. The van der Waals surface area contributed by atoms with Crippen LogP contribution in [-0.2, 0) is 6.42 Å². The smallest absolute Gasteiger partial charge is 0.337 e. The van der Waals surface area contributed by atoms with Gasteiger partial charge >= 0.3 is 5.97 Å². The second kappa shape index (κ2) is 5.32. The molecule has 1 N–H and O–H groups in total. The molecule has 1 aromatic heterocycles. The van der Waals surface area contributed by atoms with Crippen molar-refractivity contribution in [3.05, 3.63) is 28.6 Å². The summed E-state index contributed by atoms with van der Waals surface area (Å²) in [7, 11) is 0. The van der Waals surface area contributed by atoms with Gasteiger partial charge < -0.3 is 5.11 Å². The molecule has 1 aromatic rings. The van der Waals surface area contributed by atoms with Crippen LogP contribution in [0.15, 0.2) is 6.07 Å². The van der Waals surface area contributed by atoms with Gasteiger partial charge in [0.2, 0.25) is 0 Å². The van der Waals surface area contributed by atoms with Crippen molar-refractivity contribution >= 4 is 5.97 Å². The third kappa shape index (κ3) is 3.14. The number of rotatable bonds is 5. The molecule has 0 atom stereocenters. The summed E-state index contributed by atoms with van der Waals surface area (Å²) >= 11 is 0. The van der Waals surface area contributed by atoms with E-state index in [1.54, 1.807) is 0 Å². The van der Waals surface area contributed by atoms with E-state index < -0.39 is 5.97 Å². The monoisotopic (exact) mass is 261 g/mol. The highest BCUT2D eigenvalue weighted by Gasteiger charge is 2.30. The summed E-state index contributed by atoms with van der Waals surface area (Å²) in [5.74, 6) is 0.375. The van der Waals surface area contributed by atoms with E-state index in [9.17, 15) is 9.90 Å². The van der Waals surface area contributed by atoms with Gasteiger partial charge in [-0.1, -0.05) is 27.7 Å². The Morgan fingerprint density at radius 3 is 2.42 bits per heavy atom. The second-order valence-electron chi connectivity index (χ2n) is 6.30. The van der Waals surface area contributed by atoms with Crippen molar-refractivity contribution in [1.29, 1.82) is 0 Å². The minimum atomic E-state index is -0.858. The van der Waals surface area contributed by atoms with E-state index in [1.165, 1.54) is 12.8 Å². The van der Waals surface area contributed by atoms with Crippen LogP contribution in [-0.4, -0.2) is 16.1 Å². The molecule has 0 amide bonds. The first kappa shape index (κ1) is 14.0. The number of carboxylic acids is 1. The molecule has 1 fully saturated rings. The molecule has 0 aliphatic heterocycles. The number of aromatic nitrogens is 1. The number of carbonyl (C=O) groups is 1. The van der Waals surface area contributed by atoms with Crippen LogP contribution in [0.1, 0.15) is 79.7 Å². The molecule has 2 rings (SSSR count). The van der Waals surface area contributed by atoms with Crippen molar-refractivity contribution < 1.29 is 9.90 Å². The Balaban J connectivity index is 2.52. The number of carboxylic acid groups (broad SMARTS) is 1. The zero-order valence-electron chi connectivity index (χ0n) is 12.2. The fourth-order valence-corrected chi connectivity index (χ4v) is 2.51. The first-order valence-electron chi connectivity index (χ1n) is 7.17. The molecule has 0 unspecified atom stereocenters. The highest BCUT2D eigenvalue weighted by molar-refractivity contribution is 5.89. The maximum absolute atomic E-state index is 11.4. The van der Waals surface area contributed by atoms with E-state index in [1.807, 2.05) is 19.9 Å². The maximum atomic E-state index is 11.4. The number of nitrogens with zero attached hydrogens (tertiary/aromatic N) is 1. The van der Waals surface area contributed by atoms with Crippen LogP contribution in [0.3, 0.4) is 0 Å². The van der Waals surface area contributed by atoms with Crippen molar-refractivity contribution in [1.82, 2.24) is 4.98 Å². The first-order valence-corrected chi connectivity index (χ1v) is 7.17. The van der Waals surface area contributed by atoms with Gasteiger partial charge in [-0.3, -0.25) is 4.98 Å². The summed E-state index contributed by atoms with van der Waals surface area (Å²) in [6, 6.07) is 1.87. The van der Waals surface area contributed by atoms with Crippen molar-refractivity contribution in [3.63, 3.8) is 0 Å². The molecule has 104 valence electrons. The number of pyridine rings is 1. The molecule has 0 saturated heterocycles. The van der Waals surface area contributed by atoms with E-state index in [0.29, 0.717) is 17.4 Å². The van der Waals surface area contributed by atoms with Gasteiger partial charge in [-0.2, -0.15) is 0 Å². The third-order valence-electron chi connectivity index (χ3n) is 3.53. The quantitative estimate of drug-likeness (QED) is 0.872. The van der Waals surface area contributed by atoms with Gasteiger partial charge in [-0.05, 0) is 42.7 Å². The Labute approximate surface area is 115 Å². The lowest BCUT2D eigenvalue weighted by atomic mass is 9.94. The average Bonchev–Trinajstić information content (AvgIpc) is 3.11. The van der Waals surface area contributed by atoms with Gasteiger partial charge in [0.25, 0.3) is 0 Å². The van der Waals surface area contributed by atoms with Crippen LogP contribution in [0.2, 0.25) is 0 Å². The summed E-state index contributed by atoms with van der Waals surface area (Å²) in [6.07, 6.45) is 3.31. The lowest BCUT2D eigenvalue weighted by Gasteiger charge is -2.16. The zero-order valence-corrected chi connectivity index (χ0v) is 12.2. The summed E-state index contributed by atoms with van der Waals surface area (Å²) in [5.41, 5.74) is 3.42. The third-order valence-corrected chi connectivity index (χ3v) is 3.53. The topological polar surface area (TPSA) is 50.2 Å². The normalized spacial score (nSPS) is 15.3. The summed E-state index contributed by atoms with van der Waals surface area (Å²) in [5, 5.41) is 9.38. The Morgan fingerprint density at radius 2 is 2.00 bits per heavy atom. The van der Waals surface area contributed by atoms with Gasteiger partial charge in [0.1, 0.15) is 0 Å². The van der Waals surface area contributed by atoms with Crippen molar-refractivity contribution in [2.75, 3.05) is 0 Å². The lowest BCUT2D eigenvalue weighted by molar-refractivity contribution is 0.0694. The van der Waals surface area contributed by atoms with Gasteiger partial charge in [-0.15, -0.1) is 0 Å². The molecule has 1 aliphatic carbocycles. The summed E-state index contributed by atoms with van der Waals surface area (Å²) in [4.78, 5) is 16.1. The minimum Gasteiger partial charge on any atom is -0.478 e. The molecule has 1 heterocycles. The molecule has 0 aromatic carbocycles. The SMILES string of the molecule is CC(C)Cc1cc(C(=O)O)c(C(C)C)nc1C1CC1. The van der Waals surface area contributed by atoms with Gasteiger partial charge in [0.05, 0.1) is 11.3 Å². The van der Waals surface area contributed by atoms with Crippen LogP contribution in [0.5, 0.6) is 0 Å². The van der Waals surface area contributed by atoms with Gasteiger partial charge in [0.15, 0.2) is 0 Å². The van der Waals surface area contributed by atoms with E-state index in [2.05, 4.69) is 13.8 Å². The van der Waals surface area contributed by atoms with E-state index in [0.717, 1.165) is 23.4 Å². The standard InChI is InChI=1S/C16H23NO2/c1-9(2)7-12-8-13(16(18)19)14(10(3)4)17-15(12)11-5-6-11/h8-11H,5-7H2,1-4H3,(H,18,19). The fraction of sp³-hybridized carbons (Fsp3) is 0.625. The number of hydrogen-bond acceptors (Lipinski definition) is 2. The van der Waals surface area contributed by atoms with Gasteiger partial charge in [0, 0.05) is 11.6 Å². The second-order valence-corrected chi connectivity index (χ2v) is 6.30. The molecule has 0 spiro atoms. The Hall–Kier alpha value is -1.38. The average molecular weight is 261 g/mol. The highest BCUT2D eigenvalue weighted by atomic mass is 16.4. The molecular weight excluding hydrogens is 238 g/mol. The minimum absolute atomic E-state index is 0.150. The summed E-state index contributed by atoms with van der Waals surface area (Å²) in [6.45, 7) is 8.34. The molecule has 1 aliphatic rings. The highest BCUT2D eigenvalue weighted by Crippen LogP contribution is 2.42. The Morgan fingerprint density at radius 1 is 1.37 bits per heavy atom. The molecule has 19 heavy (non-hydrogen) atoms. The number of hydrogen-bond donors (Lipinski definition) is 1. The maximum Gasteiger partial charge on any atom is 0.337 e. The molecule has 3 nitrogen and oxygen atoms in total. The number of aromatic carboxylic acids is 1. The van der Waals surface area contributed by atoms with E-state index >= 15 is 0 Å². The Bertz CT molecular complexity index is 488. The molecule has 0 radical (unpaired) electrons. The predicted molar refractivity (Wildman–Crippen MR) is 75.8 cm³/mol. The van der Waals surface area contributed by atoms with Crippen molar-refractivity contribution in [2.45, 2.75) is 58.8 Å². The Kier molecular flexibility index (Phi) is 3.93. The lowest BCUT2D eigenvalue weighted by Crippen LogP contribution is -2.12. The van der Waals surface area contributed by atoms with Gasteiger partial charge in [-0.25, -0.2) is 4.79 Å². The van der Waals surface area contributed by atoms with E-state index in [4.69, 9.17) is 4.98 Å². The fourth-order valence-electron chi connectivity index (χ4n) is 2.51. The van der Waals surface area contributed by atoms with Crippen molar-refractivity contribution in [3.8, 4) is 0 Å². The molecule has 1 saturated carbocycles. The molecule has 3 heteroatoms. The van der Waals surface area contributed by atoms with Crippen LogP contribution in [0.25, 0.3) is 0 Å². The summed E-state index contributed by atoms with van der Waals surface area (Å²) < 4.78 is 0. The molecular formula is C16H23NO2. The zero-order chi connectivity index (χ0) is 14.2. The largest absolute Gasteiger partial charge is 0.478 e. The van der Waals surface area contributed by atoms with Crippen LogP contribution >= 0.6 is 0 Å².